The SMILES string of the molecule is CCOC(=O)N1N(O)C(O[SiH3])C(C(C)(C)C)N(c2ccccc2)N1c1ccccc1. The van der Waals surface area contributed by atoms with Gasteiger partial charge in [0.2, 0.25) is 0 Å². The Morgan fingerprint density at radius 1 is 1.03 bits per heavy atom. The summed E-state index contributed by atoms with van der Waals surface area (Å²) in [6, 6.07) is 18.8. The third-order valence-electron chi connectivity index (χ3n) is 4.91. The van der Waals surface area contributed by atoms with Gasteiger partial charge in [-0.15, -0.1) is 0 Å². The van der Waals surface area contributed by atoms with E-state index in [-0.39, 0.29) is 18.1 Å². The second-order valence-corrected chi connectivity index (χ2v) is 8.52. The summed E-state index contributed by atoms with van der Waals surface area (Å²) in [6.07, 6.45) is -1.48. The minimum Gasteiger partial charge on any atom is -0.447 e. The van der Waals surface area contributed by atoms with E-state index >= 15 is 0 Å². The number of hydrogen-bond donors (Lipinski definition) is 1. The number of rotatable bonds is 4. The summed E-state index contributed by atoms with van der Waals surface area (Å²) < 4.78 is 11.1. The van der Waals surface area contributed by atoms with Crippen molar-refractivity contribution in [3.8, 4) is 0 Å². The van der Waals surface area contributed by atoms with E-state index in [0.717, 1.165) is 16.0 Å². The molecule has 0 spiro atoms. The first-order valence-electron chi connectivity index (χ1n) is 9.98. The standard InChI is InChI=1S/C21H30N4O4Si/c1-5-28-20(26)24-23(17-14-10-7-11-15-17)22(16-12-8-6-9-13-16)18(21(2,3)4)19(29-30)25(24)27/h6-15,18-19,27H,5H2,1-4,30H3. The van der Waals surface area contributed by atoms with E-state index in [1.165, 1.54) is 0 Å². The van der Waals surface area contributed by atoms with Crippen molar-refractivity contribution >= 4 is 28.0 Å². The fourth-order valence-electron chi connectivity index (χ4n) is 3.66. The van der Waals surface area contributed by atoms with Crippen LogP contribution >= 0.6 is 0 Å². The number of ether oxygens (including phenoxy) is 1. The average Bonchev–Trinajstić information content (AvgIpc) is 2.73. The molecule has 1 aliphatic rings. The Kier molecular flexibility index (Phi) is 6.66. The predicted molar refractivity (Wildman–Crippen MR) is 118 cm³/mol. The van der Waals surface area contributed by atoms with Gasteiger partial charge in [0.25, 0.3) is 0 Å². The van der Waals surface area contributed by atoms with E-state index in [0.29, 0.717) is 16.2 Å². The first kappa shape index (κ1) is 22.1. The quantitative estimate of drug-likeness (QED) is 0.748. The van der Waals surface area contributed by atoms with Gasteiger partial charge in [-0.3, -0.25) is 10.2 Å². The van der Waals surface area contributed by atoms with Crippen LogP contribution in [0.1, 0.15) is 27.7 Å². The number of benzene rings is 2. The lowest BCUT2D eigenvalue weighted by Gasteiger charge is -2.58. The first-order chi connectivity index (χ1) is 14.3. The molecule has 1 fully saturated rings. The lowest BCUT2D eigenvalue weighted by molar-refractivity contribution is -0.322. The fraction of sp³-hybridized carbons (Fsp3) is 0.381. The van der Waals surface area contributed by atoms with E-state index in [1.54, 1.807) is 12.0 Å². The van der Waals surface area contributed by atoms with Gasteiger partial charge in [0, 0.05) is 0 Å². The van der Waals surface area contributed by atoms with Crippen LogP contribution in [-0.4, -0.2) is 51.0 Å². The summed E-state index contributed by atoms with van der Waals surface area (Å²) in [7, 11) is 0.371. The summed E-state index contributed by atoms with van der Waals surface area (Å²) in [5.74, 6) is 0. The molecule has 162 valence electrons. The molecule has 0 aliphatic carbocycles. The molecule has 0 aromatic heterocycles. The van der Waals surface area contributed by atoms with E-state index in [4.69, 9.17) is 9.16 Å². The molecule has 2 unspecified atom stereocenters. The highest BCUT2D eigenvalue weighted by molar-refractivity contribution is 5.98. The number of amides is 1. The number of anilines is 2. The summed E-state index contributed by atoms with van der Waals surface area (Å²) in [4.78, 5) is 13.0. The summed E-state index contributed by atoms with van der Waals surface area (Å²) in [6.45, 7) is 8.14. The van der Waals surface area contributed by atoms with Crippen molar-refractivity contribution < 1.29 is 19.2 Å². The highest BCUT2D eigenvalue weighted by Gasteiger charge is 2.53. The van der Waals surface area contributed by atoms with Crippen molar-refractivity contribution in [2.75, 3.05) is 16.7 Å². The van der Waals surface area contributed by atoms with Crippen molar-refractivity contribution in [2.45, 2.75) is 40.0 Å². The van der Waals surface area contributed by atoms with Gasteiger partial charge in [-0.25, -0.2) is 4.79 Å². The van der Waals surface area contributed by atoms with E-state index in [9.17, 15) is 10.0 Å². The lowest BCUT2D eigenvalue weighted by atomic mass is 9.84. The van der Waals surface area contributed by atoms with Gasteiger partial charge in [-0.2, -0.15) is 5.12 Å². The molecular weight excluding hydrogens is 400 g/mol. The topological polar surface area (TPSA) is 68.7 Å². The molecule has 0 saturated carbocycles. The highest BCUT2D eigenvalue weighted by atomic mass is 28.2. The van der Waals surface area contributed by atoms with Crippen LogP contribution in [0.15, 0.2) is 60.7 Å². The maximum Gasteiger partial charge on any atom is 0.447 e. The Labute approximate surface area is 180 Å². The summed E-state index contributed by atoms with van der Waals surface area (Å²) in [5.41, 5.74) is 1.22. The minimum atomic E-state index is -0.777. The molecule has 1 amide bonds. The molecule has 1 heterocycles. The third-order valence-corrected chi connectivity index (χ3v) is 5.39. The minimum absolute atomic E-state index is 0.173. The highest BCUT2D eigenvalue weighted by Crippen LogP contribution is 2.40. The van der Waals surface area contributed by atoms with E-state index in [1.807, 2.05) is 65.7 Å². The predicted octanol–water partition coefficient (Wildman–Crippen LogP) is 2.95. The molecule has 3 rings (SSSR count). The normalized spacial score (nSPS) is 20.5. The molecule has 0 radical (unpaired) electrons. The van der Waals surface area contributed by atoms with Gasteiger partial charge in [0.15, 0.2) is 6.23 Å². The molecule has 8 nitrogen and oxygen atoms in total. The van der Waals surface area contributed by atoms with Gasteiger partial charge >= 0.3 is 6.09 Å². The third kappa shape index (κ3) is 4.15. The van der Waals surface area contributed by atoms with Crippen molar-refractivity contribution in [2.24, 2.45) is 5.41 Å². The zero-order valence-electron chi connectivity index (χ0n) is 18.1. The van der Waals surface area contributed by atoms with Gasteiger partial charge in [-0.05, 0) is 41.8 Å². The number of hydroxylamine groups is 1. The van der Waals surface area contributed by atoms with E-state index < -0.39 is 12.3 Å². The van der Waals surface area contributed by atoms with Crippen molar-refractivity contribution in [3.05, 3.63) is 60.7 Å². The average molecular weight is 431 g/mol. The molecule has 1 aliphatic heterocycles. The van der Waals surface area contributed by atoms with Crippen LogP contribution in [0, 0.1) is 5.41 Å². The second kappa shape index (κ2) is 9.05. The molecule has 9 heteroatoms. The Morgan fingerprint density at radius 2 is 1.57 bits per heavy atom. The number of para-hydroxylation sites is 2. The van der Waals surface area contributed by atoms with Crippen LogP contribution in [0.5, 0.6) is 0 Å². The Hall–Kier alpha value is -2.59. The Bertz CT molecular complexity index is 834. The molecule has 2 atom stereocenters. The number of nitrogens with zero attached hydrogens (tertiary/aromatic N) is 4. The smallest absolute Gasteiger partial charge is 0.447 e. The number of hydrogen-bond acceptors (Lipinski definition) is 7. The number of hydrazine groups is 3. The number of carbonyl (C=O) groups is 1. The zero-order valence-corrected chi connectivity index (χ0v) is 20.1. The molecule has 2 aromatic carbocycles. The fourth-order valence-corrected chi connectivity index (χ4v) is 4.10. The first-order valence-corrected chi connectivity index (χ1v) is 10.8. The zero-order chi connectivity index (χ0) is 21.9. The number of carbonyl (C=O) groups excluding carboxylic acids is 1. The Morgan fingerprint density at radius 3 is 2.03 bits per heavy atom. The van der Waals surface area contributed by atoms with Crippen LogP contribution in [0.3, 0.4) is 0 Å². The van der Waals surface area contributed by atoms with Gasteiger partial charge in [0.1, 0.15) is 16.5 Å². The van der Waals surface area contributed by atoms with Crippen LogP contribution in [-0.2, 0) is 9.16 Å². The van der Waals surface area contributed by atoms with Gasteiger partial charge < -0.3 is 9.16 Å². The molecule has 0 bridgehead atoms. The summed E-state index contributed by atoms with van der Waals surface area (Å²) >= 11 is 0. The van der Waals surface area contributed by atoms with Crippen molar-refractivity contribution in [1.29, 1.82) is 0 Å². The van der Waals surface area contributed by atoms with E-state index in [2.05, 4.69) is 20.8 Å². The van der Waals surface area contributed by atoms with Crippen LogP contribution < -0.4 is 10.1 Å². The second-order valence-electron chi connectivity index (χ2n) is 8.05. The molecule has 1 N–H and O–H groups in total. The molecule has 2 aromatic rings. The largest absolute Gasteiger partial charge is 0.447 e. The molecule has 30 heavy (non-hydrogen) atoms. The van der Waals surface area contributed by atoms with Crippen molar-refractivity contribution in [3.63, 3.8) is 0 Å². The maximum atomic E-state index is 13.0. The summed E-state index contributed by atoms with van der Waals surface area (Å²) in [5, 5.41) is 16.7. The van der Waals surface area contributed by atoms with Crippen LogP contribution in [0.25, 0.3) is 0 Å². The monoisotopic (exact) mass is 430 g/mol. The molecule has 1 saturated heterocycles. The van der Waals surface area contributed by atoms with Crippen LogP contribution in [0.2, 0.25) is 0 Å². The Balaban J connectivity index is 2.26. The van der Waals surface area contributed by atoms with Crippen LogP contribution in [0.4, 0.5) is 16.2 Å². The van der Waals surface area contributed by atoms with Gasteiger partial charge in [0.05, 0.1) is 18.0 Å². The molecular formula is C21H30N4O4Si. The van der Waals surface area contributed by atoms with Crippen molar-refractivity contribution in [1.82, 2.24) is 10.3 Å². The maximum absolute atomic E-state index is 13.0. The lowest BCUT2D eigenvalue weighted by Crippen LogP contribution is -2.77. The van der Waals surface area contributed by atoms with Gasteiger partial charge in [-0.1, -0.05) is 62.3 Å².